The summed E-state index contributed by atoms with van der Waals surface area (Å²) >= 11 is 1.60. The Morgan fingerprint density at radius 3 is 1.76 bits per heavy atom. The quantitative estimate of drug-likeness (QED) is 0.427. The average Bonchev–Trinajstić information content (AvgIpc) is 3.10. The third kappa shape index (κ3) is 2.88. The molecule has 4 rings (SSSR count). The monoisotopic (exact) mass is 343 g/mol. The molecule has 3 nitrogen and oxygen atoms in total. The van der Waals surface area contributed by atoms with Gasteiger partial charge in [-0.15, -0.1) is 0 Å². The summed E-state index contributed by atoms with van der Waals surface area (Å²) in [5, 5.41) is 4.06. The van der Waals surface area contributed by atoms with Crippen molar-refractivity contribution in [3.8, 4) is 27.4 Å². The van der Waals surface area contributed by atoms with Crippen molar-refractivity contribution in [2.45, 2.75) is 0 Å². The molecule has 4 heteroatoms. The Hall–Kier alpha value is -3.11. The lowest BCUT2D eigenvalue weighted by atomic mass is 10.1. The molecule has 0 saturated carbocycles. The standard InChI is InChI=1S/C21H17N3S/c22-23-21-24(18-14-8-3-9-15-18)19(16-10-4-1-5-11-16)20(25-21)17-12-6-2-7-13-17/h1-15H,22H2/b23-21+. The van der Waals surface area contributed by atoms with Crippen molar-refractivity contribution >= 4 is 11.3 Å². The topological polar surface area (TPSA) is 43.3 Å². The zero-order valence-electron chi connectivity index (χ0n) is 13.5. The summed E-state index contributed by atoms with van der Waals surface area (Å²) in [6.07, 6.45) is 0. The summed E-state index contributed by atoms with van der Waals surface area (Å²) in [7, 11) is 0. The maximum Gasteiger partial charge on any atom is 0.213 e. The van der Waals surface area contributed by atoms with Crippen LogP contribution in [0.2, 0.25) is 0 Å². The van der Waals surface area contributed by atoms with Crippen molar-refractivity contribution in [1.29, 1.82) is 0 Å². The van der Waals surface area contributed by atoms with Crippen LogP contribution in [0.1, 0.15) is 0 Å². The Morgan fingerprint density at radius 1 is 0.680 bits per heavy atom. The van der Waals surface area contributed by atoms with E-state index in [9.17, 15) is 0 Å². The summed E-state index contributed by atoms with van der Waals surface area (Å²) in [6.45, 7) is 0. The predicted molar refractivity (Wildman–Crippen MR) is 104 cm³/mol. The van der Waals surface area contributed by atoms with Crippen LogP contribution in [0.4, 0.5) is 0 Å². The Morgan fingerprint density at radius 2 is 1.20 bits per heavy atom. The Labute approximate surface area is 150 Å². The molecule has 0 aliphatic heterocycles. The molecule has 25 heavy (non-hydrogen) atoms. The minimum atomic E-state index is 0.768. The van der Waals surface area contributed by atoms with E-state index in [1.807, 2.05) is 30.3 Å². The zero-order chi connectivity index (χ0) is 17.1. The lowest BCUT2D eigenvalue weighted by Gasteiger charge is -2.11. The minimum Gasteiger partial charge on any atom is -0.320 e. The van der Waals surface area contributed by atoms with Crippen LogP contribution in [-0.2, 0) is 0 Å². The maximum absolute atomic E-state index is 5.74. The summed E-state index contributed by atoms with van der Waals surface area (Å²) < 4.78 is 2.13. The molecule has 0 amide bonds. The molecule has 0 fully saturated rings. The van der Waals surface area contributed by atoms with E-state index in [1.54, 1.807) is 11.3 Å². The zero-order valence-corrected chi connectivity index (χ0v) is 14.4. The smallest absolute Gasteiger partial charge is 0.213 e. The largest absolute Gasteiger partial charge is 0.320 e. The molecule has 1 aromatic heterocycles. The Kier molecular flexibility index (Phi) is 4.19. The number of benzene rings is 3. The molecule has 0 saturated heterocycles. The molecule has 1 heterocycles. The average molecular weight is 343 g/mol. The van der Waals surface area contributed by atoms with Crippen LogP contribution in [0.25, 0.3) is 27.4 Å². The van der Waals surface area contributed by atoms with Crippen molar-refractivity contribution in [2.24, 2.45) is 10.9 Å². The number of hydrogen-bond acceptors (Lipinski definition) is 3. The van der Waals surface area contributed by atoms with Gasteiger partial charge in [0.05, 0.1) is 10.6 Å². The van der Waals surface area contributed by atoms with E-state index in [4.69, 9.17) is 5.84 Å². The van der Waals surface area contributed by atoms with E-state index < -0.39 is 0 Å². The van der Waals surface area contributed by atoms with Crippen molar-refractivity contribution < 1.29 is 0 Å². The van der Waals surface area contributed by atoms with E-state index >= 15 is 0 Å². The van der Waals surface area contributed by atoms with Crippen LogP contribution in [-0.4, -0.2) is 4.57 Å². The van der Waals surface area contributed by atoms with E-state index in [0.29, 0.717) is 0 Å². The van der Waals surface area contributed by atoms with Crippen molar-refractivity contribution in [1.82, 2.24) is 4.57 Å². The Balaban J connectivity index is 2.09. The van der Waals surface area contributed by atoms with Gasteiger partial charge in [-0.05, 0) is 17.7 Å². The first-order valence-electron chi connectivity index (χ1n) is 8.04. The van der Waals surface area contributed by atoms with Gasteiger partial charge in [-0.25, -0.2) is 0 Å². The summed E-state index contributed by atoms with van der Waals surface area (Å²) in [5.74, 6) is 5.74. The van der Waals surface area contributed by atoms with Gasteiger partial charge in [-0.1, -0.05) is 90.2 Å². The summed E-state index contributed by atoms with van der Waals surface area (Å²) in [6, 6.07) is 30.9. The molecule has 4 aromatic rings. The fraction of sp³-hybridized carbons (Fsp3) is 0. The van der Waals surface area contributed by atoms with Crippen molar-refractivity contribution in [2.75, 3.05) is 0 Å². The second-order valence-electron chi connectivity index (χ2n) is 5.59. The van der Waals surface area contributed by atoms with Gasteiger partial charge in [0.25, 0.3) is 0 Å². The first-order chi connectivity index (χ1) is 12.4. The van der Waals surface area contributed by atoms with E-state index in [2.05, 4.69) is 70.3 Å². The number of hydrogen-bond donors (Lipinski definition) is 1. The third-order valence-corrected chi connectivity index (χ3v) is 5.14. The number of rotatable bonds is 3. The van der Waals surface area contributed by atoms with Crippen LogP contribution in [0, 0.1) is 0 Å². The van der Waals surface area contributed by atoms with Gasteiger partial charge >= 0.3 is 0 Å². The van der Waals surface area contributed by atoms with Gasteiger partial charge < -0.3 is 5.84 Å². The van der Waals surface area contributed by atoms with Crippen molar-refractivity contribution in [3.05, 3.63) is 95.8 Å². The van der Waals surface area contributed by atoms with E-state index in [1.165, 1.54) is 0 Å². The first-order valence-corrected chi connectivity index (χ1v) is 8.86. The van der Waals surface area contributed by atoms with E-state index in [-0.39, 0.29) is 0 Å². The first kappa shape index (κ1) is 15.4. The normalized spacial score (nSPS) is 11.6. The molecule has 0 bridgehead atoms. The highest BCUT2D eigenvalue weighted by Gasteiger charge is 2.18. The number of para-hydroxylation sites is 1. The second kappa shape index (κ2) is 6.79. The molecule has 122 valence electrons. The van der Waals surface area contributed by atoms with Crippen LogP contribution in [0.3, 0.4) is 0 Å². The Bertz CT molecular complexity index is 1030. The lowest BCUT2D eigenvalue weighted by Crippen LogP contribution is -2.15. The molecule has 0 atom stereocenters. The molecule has 0 aliphatic rings. The van der Waals surface area contributed by atoms with E-state index in [0.717, 1.165) is 32.2 Å². The summed E-state index contributed by atoms with van der Waals surface area (Å²) in [5.41, 5.74) is 4.44. The third-order valence-electron chi connectivity index (χ3n) is 4.03. The highest BCUT2D eigenvalue weighted by atomic mass is 32.1. The number of thiazole rings is 1. The summed E-state index contributed by atoms with van der Waals surface area (Å²) in [4.78, 5) is 1.92. The number of nitrogens with two attached hydrogens (primary N) is 1. The number of aromatic nitrogens is 1. The van der Waals surface area contributed by atoms with Crippen LogP contribution < -0.4 is 10.6 Å². The SMILES string of the molecule is N/N=c1/sc(-c2ccccc2)c(-c2ccccc2)n1-c1ccccc1. The number of nitrogens with zero attached hydrogens (tertiary/aromatic N) is 2. The molecular weight excluding hydrogens is 326 g/mol. The highest BCUT2D eigenvalue weighted by molar-refractivity contribution is 7.13. The minimum absolute atomic E-state index is 0.768. The molecule has 0 aliphatic carbocycles. The van der Waals surface area contributed by atoms with Gasteiger partial charge in [0.2, 0.25) is 4.80 Å². The predicted octanol–water partition coefficient (Wildman–Crippen LogP) is 4.65. The molecule has 0 radical (unpaired) electrons. The highest BCUT2D eigenvalue weighted by Crippen LogP contribution is 2.36. The lowest BCUT2D eigenvalue weighted by molar-refractivity contribution is 0.971. The second-order valence-corrected chi connectivity index (χ2v) is 6.57. The van der Waals surface area contributed by atoms with Gasteiger partial charge in [-0.2, -0.15) is 5.10 Å². The van der Waals surface area contributed by atoms with Crippen LogP contribution >= 0.6 is 11.3 Å². The fourth-order valence-corrected chi connectivity index (χ4v) is 4.01. The molecule has 0 unspecified atom stereocenters. The molecular formula is C21H17N3S. The van der Waals surface area contributed by atoms with Gasteiger partial charge in [0.15, 0.2) is 0 Å². The molecule has 0 spiro atoms. The fourth-order valence-electron chi connectivity index (χ4n) is 2.92. The van der Waals surface area contributed by atoms with Crippen LogP contribution in [0.5, 0.6) is 0 Å². The molecule has 2 N–H and O–H groups in total. The van der Waals surface area contributed by atoms with Crippen LogP contribution in [0.15, 0.2) is 96.1 Å². The maximum atomic E-state index is 5.74. The van der Waals surface area contributed by atoms with Gasteiger partial charge in [0, 0.05) is 11.3 Å². The van der Waals surface area contributed by atoms with Gasteiger partial charge in [0.1, 0.15) is 0 Å². The van der Waals surface area contributed by atoms with Crippen molar-refractivity contribution in [3.63, 3.8) is 0 Å². The molecule has 3 aromatic carbocycles. The van der Waals surface area contributed by atoms with Gasteiger partial charge in [-0.3, -0.25) is 4.57 Å².